The van der Waals surface area contributed by atoms with Crippen molar-refractivity contribution in [2.45, 2.75) is 61.5 Å². The number of sulfone groups is 1. The van der Waals surface area contributed by atoms with Crippen LogP contribution in [0.4, 0.5) is 0 Å². The average Bonchev–Trinajstić information content (AvgIpc) is 2.98. The van der Waals surface area contributed by atoms with Crippen LogP contribution in [0, 0.1) is 0 Å². The average molecular weight is 298 g/mol. The van der Waals surface area contributed by atoms with Crippen LogP contribution in [0.1, 0.15) is 44.9 Å². The molecule has 1 atom stereocenters. The molecule has 1 aliphatic heterocycles. The van der Waals surface area contributed by atoms with Crippen LogP contribution in [0.15, 0.2) is 17.3 Å². The van der Waals surface area contributed by atoms with Gasteiger partial charge in [0.05, 0.1) is 23.7 Å². The lowest BCUT2D eigenvalue weighted by molar-refractivity contribution is -0.0559. The SMILES string of the molecule is Cn1cc(S(=O)(=O)CC2CCC3(CCCCC3)O2)cn1. The smallest absolute Gasteiger partial charge is 0.184 e. The minimum Gasteiger partial charge on any atom is -0.371 e. The Labute approximate surface area is 120 Å². The summed E-state index contributed by atoms with van der Waals surface area (Å²) in [5.41, 5.74) is -0.0205. The molecule has 1 aliphatic carbocycles. The highest BCUT2D eigenvalue weighted by Crippen LogP contribution is 2.42. The van der Waals surface area contributed by atoms with Crippen molar-refractivity contribution in [3.8, 4) is 0 Å². The molecule has 6 heteroatoms. The molecule has 0 amide bonds. The zero-order chi connectivity index (χ0) is 14.2. The summed E-state index contributed by atoms with van der Waals surface area (Å²) in [7, 11) is -1.56. The molecule has 0 aromatic carbocycles. The Hall–Kier alpha value is -0.880. The highest BCUT2D eigenvalue weighted by molar-refractivity contribution is 7.91. The van der Waals surface area contributed by atoms with E-state index >= 15 is 0 Å². The van der Waals surface area contributed by atoms with E-state index in [1.165, 1.54) is 30.1 Å². The van der Waals surface area contributed by atoms with Crippen molar-refractivity contribution in [2.24, 2.45) is 7.05 Å². The van der Waals surface area contributed by atoms with E-state index in [2.05, 4.69) is 5.10 Å². The maximum Gasteiger partial charge on any atom is 0.184 e. The third kappa shape index (κ3) is 2.76. The third-order valence-electron chi connectivity index (χ3n) is 4.55. The minimum atomic E-state index is -3.29. The first-order chi connectivity index (χ1) is 9.49. The predicted octanol–water partition coefficient (Wildman–Crippen LogP) is 2.08. The molecule has 20 heavy (non-hydrogen) atoms. The number of hydrogen-bond acceptors (Lipinski definition) is 4. The summed E-state index contributed by atoms with van der Waals surface area (Å²) in [5, 5.41) is 3.94. The van der Waals surface area contributed by atoms with Gasteiger partial charge in [0, 0.05) is 13.2 Å². The highest BCUT2D eigenvalue weighted by atomic mass is 32.2. The predicted molar refractivity (Wildman–Crippen MR) is 75.2 cm³/mol. The molecule has 0 N–H and O–H groups in total. The van der Waals surface area contributed by atoms with Crippen LogP contribution in [-0.4, -0.2) is 35.7 Å². The molecular formula is C14H22N2O3S. The van der Waals surface area contributed by atoms with E-state index in [1.54, 1.807) is 13.2 Å². The first-order valence-corrected chi connectivity index (χ1v) is 9.04. The molecule has 5 nitrogen and oxygen atoms in total. The molecule has 1 unspecified atom stereocenters. The number of aromatic nitrogens is 2. The van der Waals surface area contributed by atoms with Crippen molar-refractivity contribution in [1.29, 1.82) is 0 Å². The van der Waals surface area contributed by atoms with Gasteiger partial charge in [-0.2, -0.15) is 5.10 Å². The van der Waals surface area contributed by atoms with Gasteiger partial charge in [0.1, 0.15) is 4.90 Å². The van der Waals surface area contributed by atoms with Gasteiger partial charge >= 0.3 is 0 Å². The third-order valence-corrected chi connectivity index (χ3v) is 6.29. The minimum absolute atomic E-state index is 0.0205. The van der Waals surface area contributed by atoms with Crippen LogP contribution in [0.3, 0.4) is 0 Å². The Balaban J connectivity index is 1.67. The van der Waals surface area contributed by atoms with E-state index in [-0.39, 0.29) is 17.5 Å². The Morgan fingerprint density at radius 1 is 1.35 bits per heavy atom. The van der Waals surface area contributed by atoms with Gasteiger partial charge in [0.2, 0.25) is 0 Å². The Kier molecular flexibility index (Phi) is 3.62. The Morgan fingerprint density at radius 3 is 2.75 bits per heavy atom. The summed E-state index contributed by atoms with van der Waals surface area (Å²) < 4.78 is 32.3. The van der Waals surface area contributed by atoms with Crippen LogP contribution in [0.25, 0.3) is 0 Å². The molecular weight excluding hydrogens is 276 g/mol. The lowest BCUT2D eigenvalue weighted by Crippen LogP contribution is -2.33. The molecule has 3 rings (SSSR count). The standard InChI is InChI=1S/C14H22N2O3S/c1-16-10-13(9-15-16)20(17,18)11-12-5-8-14(19-12)6-3-2-4-7-14/h9-10,12H,2-8,11H2,1H3. The zero-order valence-electron chi connectivity index (χ0n) is 11.9. The van der Waals surface area contributed by atoms with Crippen LogP contribution in [-0.2, 0) is 21.6 Å². The Bertz CT molecular complexity index is 573. The molecule has 1 saturated carbocycles. The van der Waals surface area contributed by atoms with Crippen molar-refractivity contribution >= 4 is 9.84 Å². The van der Waals surface area contributed by atoms with Crippen LogP contribution < -0.4 is 0 Å². The van der Waals surface area contributed by atoms with Crippen molar-refractivity contribution in [1.82, 2.24) is 9.78 Å². The summed E-state index contributed by atoms with van der Waals surface area (Å²) in [4.78, 5) is 0.299. The number of aryl methyl sites for hydroxylation is 1. The molecule has 112 valence electrons. The van der Waals surface area contributed by atoms with Crippen molar-refractivity contribution in [3.63, 3.8) is 0 Å². The maximum atomic E-state index is 12.3. The fourth-order valence-electron chi connectivity index (χ4n) is 3.48. The van der Waals surface area contributed by atoms with Crippen molar-refractivity contribution in [3.05, 3.63) is 12.4 Å². The van der Waals surface area contributed by atoms with Gasteiger partial charge in [-0.25, -0.2) is 8.42 Å². The fraction of sp³-hybridized carbons (Fsp3) is 0.786. The largest absolute Gasteiger partial charge is 0.371 e. The number of rotatable bonds is 3. The van der Waals surface area contributed by atoms with Gasteiger partial charge in [-0.15, -0.1) is 0 Å². The van der Waals surface area contributed by atoms with E-state index in [0.29, 0.717) is 4.90 Å². The lowest BCUT2D eigenvalue weighted by atomic mass is 9.83. The van der Waals surface area contributed by atoms with Crippen LogP contribution >= 0.6 is 0 Å². The number of nitrogens with zero attached hydrogens (tertiary/aromatic N) is 2. The number of hydrogen-bond donors (Lipinski definition) is 0. The first-order valence-electron chi connectivity index (χ1n) is 7.38. The van der Waals surface area contributed by atoms with Gasteiger partial charge in [0.25, 0.3) is 0 Å². The van der Waals surface area contributed by atoms with Gasteiger partial charge in [-0.1, -0.05) is 19.3 Å². The molecule has 2 heterocycles. The molecule has 1 spiro atoms. The molecule has 2 fully saturated rings. The summed E-state index contributed by atoms with van der Waals surface area (Å²) >= 11 is 0. The van der Waals surface area contributed by atoms with Gasteiger partial charge < -0.3 is 4.74 Å². The van der Waals surface area contributed by atoms with Gasteiger partial charge in [-0.05, 0) is 25.7 Å². The lowest BCUT2D eigenvalue weighted by Gasteiger charge is -2.33. The van der Waals surface area contributed by atoms with E-state index in [9.17, 15) is 8.42 Å². The Morgan fingerprint density at radius 2 is 2.10 bits per heavy atom. The van der Waals surface area contributed by atoms with Crippen molar-refractivity contribution in [2.75, 3.05) is 5.75 Å². The molecule has 1 saturated heterocycles. The van der Waals surface area contributed by atoms with E-state index in [0.717, 1.165) is 25.7 Å². The summed E-state index contributed by atoms with van der Waals surface area (Å²) in [6.07, 6.45) is 10.6. The maximum absolute atomic E-state index is 12.3. The normalized spacial score (nSPS) is 26.1. The van der Waals surface area contributed by atoms with E-state index in [1.807, 2.05) is 0 Å². The molecule has 1 aromatic heterocycles. The molecule has 0 bridgehead atoms. The summed E-state index contributed by atoms with van der Waals surface area (Å²) in [5.74, 6) is 0.0838. The quantitative estimate of drug-likeness (QED) is 0.857. The zero-order valence-corrected chi connectivity index (χ0v) is 12.7. The van der Waals surface area contributed by atoms with E-state index < -0.39 is 9.84 Å². The van der Waals surface area contributed by atoms with Gasteiger partial charge in [0.15, 0.2) is 9.84 Å². The fourth-order valence-corrected chi connectivity index (χ4v) is 4.91. The highest BCUT2D eigenvalue weighted by Gasteiger charge is 2.42. The second-order valence-electron chi connectivity index (χ2n) is 6.15. The monoisotopic (exact) mass is 298 g/mol. The van der Waals surface area contributed by atoms with Crippen LogP contribution in [0.5, 0.6) is 0 Å². The van der Waals surface area contributed by atoms with E-state index in [4.69, 9.17) is 4.74 Å². The topological polar surface area (TPSA) is 61.2 Å². The molecule has 2 aliphatic rings. The first kappa shape index (κ1) is 14.1. The second kappa shape index (κ2) is 5.15. The molecule has 1 aromatic rings. The summed E-state index contributed by atoms with van der Waals surface area (Å²) in [6.45, 7) is 0. The summed E-state index contributed by atoms with van der Waals surface area (Å²) in [6, 6.07) is 0. The number of ether oxygens (including phenoxy) is 1. The van der Waals surface area contributed by atoms with Gasteiger partial charge in [-0.3, -0.25) is 4.68 Å². The van der Waals surface area contributed by atoms with Crippen LogP contribution in [0.2, 0.25) is 0 Å². The second-order valence-corrected chi connectivity index (χ2v) is 8.19. The molecule has 0 radical (unpaired) electrons. The van der Waals surface area contributed by atoms with Crippen molar-refractivity contribution < 1.29 is 13.2 Å².